The molecule has 0 saturated heterocycles. The van der Waals surface area contributed by atoms with Crippen molar-refractivity contribution in [1.29, 1.82) is 0 Å². The van der Waals surface area contributed by atoms with Gasteiger partial charge in [0, 0.05) is 25.8 Å². The van der Waals surface area contributed by atoms with E-state index in [9.17, 15) is 9.59 Å². The van der Waals surface area contributed by atoms with Crippen molar-refractivity contribution < 1.29 is 14.3 Å². The molecule has 4 rings (SSSR count). The Labute approximate surface area is 185 Å². The molecular weight excluding hydrogens is 408 g/mol. The molecule has 4 aromatic rings. The number of urea groups is 1. The van der Waals surface area contributed by atoms with Crippen LogP contribution in [-0.2, 0) is 14.1 Å². The van der Waals surface area contributed by atoms with Gasteiger partial charge in [-0.1, -0.05) is 12.1 Å². The van der Waals surface area contributed by atoms with Gasteiger partial charge in [-0.05, 0) is 55.0 Å². The molecule has 0 aliphatic rings. The lowest BCUT2D eigenvalue weighted by molar-refractivity contribution is 0.262. The van der Waals surface area contributed by atoms with E-state index in [1.54, 1.807) is 57.6 Å². The van der Waals surface area contributed by atoms with Gasteiger partial charge in [0.15, 0.2) is 5.75 Å². The molecule has 0 aliphatic heterocycles. The van der Waals surface area contributed by atoms with Crippen LogP contribution in [0.25, 0.3) is 11.0 Å². The number of benzene rings is 3. The number of nitrogens with one attached hydrogen (secondary N) is 2. The Kier molecular flexibility index (Phi) is 5.59. The molecule has 32 heavy (non-hydrogen) atoms. The summed E-state index contributed by atoms with van der Waals surface area (Å²) in [7, 11) is 4.97. The first-order valence-corrected chi connectivity index (χ1v) is 10.0. The van der Waals surface area contributed by atoms with Crippen LogP contribution in [0.4, 0.5) is 16.2 Å². The molecule has 2 N–H and O–H groups in total. The van der Waals surface area contributed by atoms with Crippen LogP contribution in [0.3, 0.4) is 0 Å². The van der Waals surface area contributed by atoms with Gasteiger partial charge in [-0.3, -0.25) is 9.13 Å². The fraction of sp³-hybridized carbons (Fsp3) is 0.167. The van der Waals surface area contributed by atoms with Crippen LogP contribution in [0.5, 0.6) is 17.2 Å². The van der Waals surface area contributed by atoms with E-state index in [4.69, 9.17) is 9.47 Å². The number of ether oxygens (including phenoxy) is 2. The Morgan fingerprint density at radius 3 is 2.19 bits per heavy atom. The van der Waals surface area contributed by atoms with Crippen molar-refractivity contribution in [3.05, 3.63) is 76.7 Å². The average Bonchev–Trinajstić information content (AvgIpc) is 2.98. The SMILES string of the molecule is COc1ccc(Oc2cc3c(cc2NC(=O)Nc2cccc(C)c2)n(C)c(=O)n3C)cc1. The quantitative estimate of drug-likeness (QED) is 0.481. The number of rotatable bonds is 5. The molecule has 0 spiro atoms. The highest BCUT2D eigenvalue weighted by Crippen LogP contribution is 2.34. The number of aryl methyl sites for hydroxylation is 3. The Balaban J connectivity index is 1.70. The van der Waals surface area contributed by atoms with E-state index >= 15 is 0 Å². The smallest absolute Gasteiger partial charge is 0.328 e. The summed E-state index contributed by atoms with van der Waals surface area (Å²) >= 11 is 0. The predicted octanol–water partition coefficient (Wildman–Crippen LogP) is 4.63. The van der Waals surface area contributed by atoms with E-state index < -0.39 is 6.03 Å². The zero-order valence-corrected chi connectivity index (χ0v) is 18.3. The van der Waals surface area contributed by atoms with Crippen LogP contribution in [0.15, 0.2) is 65.5 Å². The minimum Gasteiger partial charge on any atom is -0.497 e. The number of amides is 2. The van der Waals surface area contributed by atoms with Gasteiger partial charge < -0.3 is 20.1 Å². The molecule has 0 unspecified atom stereocenters. The summed E-state index contributed by atoms with van der Waals surface area (Å²) in [5.41, 5.74) is 3.33. The molecule has 0 bridgehead atoms. The van der Waals surface area contributed by atoms with Gasteiger partial charge in [-0.25, -0.2) is 9.59 Å². The molecule has 0 aliphatic carbocycles. The van der Waals surface area contributed by atoms with Gasteiger partial charge in [0.1, 0.15) is 11.5 Å². The van der Waals surface area contributed by atoms with Crippen molar-refractivity contribution in [2.24, 2.45) is 14.1 Å². The Morgan fingerprint density at radius 2 is 1.53 bits per heavy atom. The summed E-state index contributed by atoms with van der Waals surface area (Å²) in [6, 6.07) is 17.7. The molecule has 8 heteroatoms. The maximum Gasteiger partial charge on any atom is 0.328 e. The maximum atomic E-state index is 12.7. The number of aromatic nitrogens is 2. The van der Waals surface area contributed by atoms with Crippen molar-refractivity contribution in [2.75, 3.05) is 17.7 Å². The summed E-state index contributed by atoms with van der Waals surface area (Å²) in [5, 5.41) is 5.67. The van der Waals surface area contributed by atoms with Crippen molar-refractivity contribution in [1.82, 2.24) is 9.13 Å². The summed E-state index contributed by atoms with van der Waals surface area (Å²) in [5.74, 6) is 1.67. The maximum absolute atomic E-state index is 12.7. The fourth-order valence-electron chi connectivity index (χ4n) is 3.49. The first kappa shape index (κ1) is 21.0. The van der Waals surface area contributed by atoms with Gasteiger partial charge in [0.05, 0.1) is 23.8 Å². The first-order chi connectivity index (χ1) is 15.4. The predicted molar refractivity (Wildman–Crippen MR) is 125 cm³/mol. The number of hydrogen-bond donors (Lipinski definition) is 2. The first-order valence-electron chi connectivity index (χ1n) is 10.0. The van der Waals surface area contributed by atoms with Gasteiger partial charge in [-0.2, -0.15) is 0 Å². The number of carbonyl (C=O) groups is 1. The topological polar surface area (TPSA) is 86.5 Å². The Hall–Kier alpha value is -4.20. The van der Waals surface area contributed by atoms with E-state index in [1.807, 2.05) is 31.2 Å². The lowest BCUT2D eigenvalue weighted by Gasteiger charge is -2.14. The summed E-state index contributed by atoms with van der Waals surface area (Å²) in [4.78, 5) is 25.1. The van der Waals surface area contributed by atoms with Gasteiger partial charge in [0.2, 0.25) is 0 Å². The standard InChI is InChI=1S/C24H24N4O4/c1-15-6-5-7-16(12-15)25-23(29)26-19-13-20-21(28(3)24(30)27(20)2)14-22(19)32-18-10-8-17(31-4)9-11-18/h5-14H,1-4H3,(H2,25,26,29). The number of fused-ring (bicyclic) bond motifs is 1. The van der Waals surface area contributed by atoms with Gasteiger partial charge >= 0.3 is 11.7 Å². The van der Waals surface area contributed by atoms with Crippen molar-refractivity contribution >= 4 is 28.4 Å². The van der Waals surface area contributed by atoms with Gasteiger partial charge in [0.25, 0.3) is 0 Å². The number of carbonyl (C=O) groups excluding carboxylic acids is 1. The largest absolute Gasteiger partial charge is 0.497 e. The second-order valence-electron chi connectivity index (χ2n) is 7.46. The molecule has 0 fully saturated rings. The third kappa shape index (κ3) is 4.15. The van der Waals surface area contributed by atoms with Crippen LogP contribution < -0.4 is 25.8 Å². The highest BCUT2D eigenvalue weighted by molar-refractivity contribution is 6.02. The molecular formula is C24H24N4O4. The number of nitrogens with zero attached hydrogens (tertiary/aromatic N) is 2. The molecule has 1 aromatic heterocycles. The van der Waals surface area contributed by atoms with E-state index in [-0.39, 0.29) is 5.69 Å². The van der Waals surface area contributed by atoms with Crippen LogP contribution in [-0.4, -0.2) is 22.3 Å². The molecule has 0 saturated carbocycles. The highest BCUT2D eigenvalue weighted by atomic mass is 16.5. The normalized spacial score (nSPS) is 10.8. The zero-order valence-electron chi connectivity index (χ0n) is 18.3. The average molecular weight is 432 g/mol. The number of methoxy groups -OCH3 is 1. The van der Waals surface area contributed by atoms with Crippen LogP contribution in [0, 0.1) is 6.92 Å². The van der Waals surface area contributed by atoms with Crippen LogP contribution >= 0.6 is 0 Å². The lowest BCUT2D eigenvalue weighted by atomic mass is 10.2. The number of hydrogen-bond acceptors (Lipinski definition) is 4. The third-order valence-corrected chi connectivity index (χ3v) is 5.18. The van der Waals surface area contributed by atoms with Crippen molar-refractivity contribution in [2.45, 2.75) is 6.92 Å². The Bertz CT molecular complexity index is 1350. The molecule has 2 amide bonds. The zero-order chi connectivity index (χ0) is 22.8. The molecule has 1 heterocycles. The monoisotopic (exact) mass is 432 g/mol. The number of imidazole rings is 1. The van der Waals surface area contributed by atoms with E-state index in [2.05, 4.69) is 10.6 Å². The Morgan fingerprint density at radius 1 is 0.875 bits per heavy atom. The molecule has 8 nitrogen and oxygen atoms in total. The van der Waals surface area contributed by atoms with Gasteiger partial charge in [-0.15, -0.1) is 0 Å². The van der Waals surface area contributed by atoms with Crippen molar-refractivity contribution in [3.63, 3.8) is 0 Å². The fourth-order valence-corrected chi connectivity index (χ4v) is 3.49. The van der Waals surface area contributed by atoms with Crippen molar-refractivity contribution in [3.8, 4) is 17.2 Å². The van der Waals surface area contributed by atoms with Crippen LogP contribution in [0.2, 0.25) is 0 Å². The number of anilines is 2. The van der Waals surface area contributed by atoms with E-state index in [1.165, 1.54) is 9.13 Å². The second kappa shape index (κ2) is 8.50. The molecule has 164 valence electrons. The summed E-state index contributed by atoms with van der Waals surface area (Å²) in [6.45, 7) is 1.95. The molecule has 0 atom stereocenters. The van der Waals surface area contributed by atoms with E-state index in [0.717, 1.165) is 5.56 Å². The minimum absolute atomic E-state index is 0.170. The molecule has 3 aromatic carbocycles. The van der Waals surface area contributed by atoms with Crippen LogP contribution in [0.1, 0.15) is 5.56 Å². The lowest BCUT2D eigenvalue weighted by Crippen LogP contribution is -2.20. The highest BCUT2D eigenvalue weighted by Gasteiger charge is 2.16. The summed E-state index contributed by atoms with van der Waals surface area (Å²) < 4.78 is 14.3. The molecule has 0 radical (unpaired) electrons. The third-order valence-electron chi connectivity index (χ3n) is 5.18. The minimum atomic E-state index is -0.421. The van der Waals surface area contributed by atoms with E-state index in [0.29, 0.717) is 39.7 Å². The second-order valence-corrected chi connectivity index (χ2v) is 7.46. The summed E-state index contributed by atoms with van der Waals surface area (Å²) in [6.07, 6.45) is 0.